The molecule has 4 nitrogen and oxygen atoms in total. The Kier molecular flexibility index (Phi) is 11.6. The van der Waals surface area contributed by atoms with Gasteiger partial charge in [0.05, 0.1) is 0 Å². The SMILES string of the molecule is CCCCP(Cl)(CCCC)(CCCC)CCCC(=O)OCc1ccc2c(c1)CN(c1ccccc1)CO2. The first-order valence-corrected chi connectivity index (χ1v) is 18.2. The molecule has 37 heavy (non-hydrogen) atoms. The number of para-hydroxylation sites is 1. The second kappa shape index (κ2) is 14.4. The van der Waals surface area contributed by atoms with E-state index >= 15 is 0 Å². The fourth-order valence-electron chi connectivity index (χ4n) is 5.38. The minimum absolute atomic E-state index is 0.122. The van der Waals surface area contributed by atoms with Crippen molar-refractivity contribution in [3.05, 3.63) is 59.7 Å². The average molecular weight is 548 g/mol. The molecular weight excluding hydrogens is 501 g/mol. The molecule has 3 rings (SSSR count). The van der Waals surface area contributed by atoms with Crippen LogP contribution in [0.2, 0.25) is 0 Å². The molecule has 2 aromatic carbocycles. The van der Waals surface area contributed by atoms with Crippen LogP contribution in [0.25, 0.3) is 0 Å². The van der Waals surface area contributed by atoms with Gasteiger partial charge in [0, 0.05) is 0 Å². The van der Waals surface area contributed by atoms with Gasteiger partial charge in [-0.2, -0.15) is 0 Å². The molecule has 0 saturated heterocycles. The van der Waals surface area contributed by atoms with E-state index in [0.29, 0.717) is 19.8 Å². The van der Waals surface area contributed by atoms with E-state index in [1.807, 2.05) is 30.3 Å². The first-order chi connectivity index (χ1) is 17.9. The van der Waals surface area contributed by atoms with Crippen molar-refractivity contribution in [2.24, 2.45) is 0 Å². The van der Waals surface area contributed by atoms with Gasteiger partial charge in [0.15, 0.2) is 0 Å². The number of carbonyl (C=O) groups excluding carboxylic acids is 1. The van der Waals surface area contributed by atoms with Crippen LogP contribution in [0.3, 0.4) is 0 Å². The van der Waals surface area contributed by atoms with Gasteiger partial charge in [-0.3, -0.25) is 0 Å². The molecule has 206 valence electrons. The van der Waals surface area contributed by atoms with Gasteiger partial charge < -0.3 is 0 Å². The topological polar surface area (TPSA) is 38.8 Å². The van der Waals surface area contributed by atoms with Crippen molar-refractivity contribution in [2.75, 3.05) is 36.3 Å². The van der Waals surface area contributed by atoms with Gasteiger partial charge in [-0.25, -0.2) is 0 Å². The molecule has 1 aliphatic rings. The molecular formula is C31H47ClNO3P. The Morgan fingerprint density at radius 2 is 1.54 bits per heavy atom. The van der Waals surface area contributed by atoms with Crippen molar-refractivity contribution in [3.63, 3.8) is 0 Å². The van der Waals surface area contributed by atoms with E-state index in [9.17, 15) is 4.79 Å². The van der Waals surface area contributed by atoms with Crippen LogP contribution < -0.4 is 9.64 Å². The zero-order valence-electron chi connectivity index (χ0n) is 23.2. The van der Waals surface area contributed by atoms with Gasteiger partial charge in [0.2, 0.25) is 0 Å². The minimum atomic E-state index is -2.31. The van der Waals surface area contributed by atoms with E-state index in [1.54, 1.807) is 0 Å². The van der Waals surface area contributed by atoms with Crippen LogP contribution in [0.15, 0.2) is 48.5 Å². The summed E-state index contributed by atoms with van der Waals surface area (Å²) in [7, 11) is 0. The molecule has 0 aliphatic carbocycles. The summed E-state index contributed by atoms with van der Waals surface area (Å²) >= 11 is 7.68. The van der Waals surface area contributed by atoms with E-state index in [0.717, 1.165) is 60.2 Å². The molecule has 0 unspecified atom stereocenters. The normalized spacial score (nSPS) is 14.4. The average Bonchev–Trinajstić information content (AvgIpc) is 2.93. The van der Waals surface area contributed by atoms with Crippen LogP contribution in [-0.4, -0.2) is 37.3 Å². The number of hydrogen-bond donors (Lipinski definition) is 0. The Morgan fingerprint density at radius 1 is 0.919 bits per heavy atom. The molecule has 0 radical (unpaired) electrons. The Balaban J connectivity index is 1.54. The summed E-state index contributed by atoms with van der Waals surface area (Å²) in [4.78, 5) is 14.9. The molecule has 0 bridgehead atoms. The molecule has 0 N–H and O–H groups in total. The zero-order valence-corrected chi connectivity index (χ0v) is 24.9. The van der Waals surface area contributed by atoms with Crippen molar-refractivity contribution in [1.29, 1.82) is 0 Å². The first-order valence-electron chi connectivity index (χ1n) is 14.3. The molecule has 0 saturated carbocycles. The number of anilines is 1. The number of rotatable bonds is 16. The summed E-state index contributed by atoms with van der Waals surface area (Å²) in [5, 5.41) is 0. The second-order valence-electron chi connectivity index (χ2n) is 10.8. The van der Waals surface area contributed by atoms with Crippen LogP contribution in [0.4, 0.5) is 5.69 Å². The predicted molar refractivity (Wildman–Crippen MR) is 161 cm³/mol. The first kappa shape index (κ1) is 29.8. The number of esters is 1. The Morgan fingerprint density at radius 3 is 2.16 bits per heavy atom. The molecule has 0 atom stereocenters. The van der Waals surface area contributed by atoms with E-state index in [-0.39, 0.29) is 5.97 Å². The summed E-state index contributed by atoms with van der Waals surface area (Å²) in [5.74, 6) is -1.53. The Labute approximate surface area is 229 Å². The zero-order chi connectivity index (χ0) is 26.6. The van der Waals surface area contributed by atoms with Gasteiger partial charge in [0.1, 0.15) is 0 Å². The number of hydrogen-bond acceptors (Lipinski definition) is 4. The van der Waals surface area contributed by atoms with E-state index in [1.165, 1.54) is 38.5 Å². The molecule has 0 fully saturated rings. The Hall–Kier alpha value is -1.77. The summed E-state index contributed by atoms with van der Waals surface area (Å²) in [6.07, 6.45) is 12.9. The quantitative estimate of drug-likeness (QED) is 0.155. The van der Waals surface area contributed by atoms with Crippen LogP contribution >= 0.6 is 17.2 Å². The van der Waals surface area contributed by atoms with Gasteiger partial charge in [-0.1, -0.05) is 18.2 Å². The fraction of sp³-hybridized carbons (Fsp3) is 0.581. The third kappa shape index (κ3) is 8.89. The van der Waals surface area contributed by atoms with Gasteiger partial charge in [-0.15, -0.1) is 0 Å². The van der Waals surface area contributed by atoms with Crippen molar-refractivity contribution in [2.45, 2.75) is 85.3 Å². The third-order valence-electron chi connectivity index (χ3n) is 7.69. The Bertz CT molecular complexity index is 959. The molecule has 0 amide bonds. The molecule has 0 aromatic heterocycles. The van der Waals surface area contributed by atoms with Gasteiger partial charge in [-0.05, 0) is 12.1 Å². The summed E-state index contributed by atoms with van der Waals surface area (Å²) in [5.41, 5.74) is 3.25. The van der Waals surface area contributed by atoms with E-state index < -0.39 is 5.96 Å². The van der Waals surface area contributed by atoms with E-state index in [2.05, 4.69) is 43.9 Å². The van der Waals surface area contributed by atoms with Crippen LogP contribution in [0.5, 0.6) is 5.75 Å². The number of nitrogens with zero attached hydrogens (tertiary/aromatic N) is 1. The standard InChI is InChI=1S/C31H47ClNO3P/c1-4-7-19-37(32,20-8-5-2,21-9-6-3)22-13-16-31(34)35-25-27-17-18-30-28(23-27)24-33(26-36-30)29-14-11-10-12-15-29/h10-12,14-15,17-18,23H,4-9,13,16,19-22,24-26H2,1-3H3. The molecule has 6 heteroatoms. The summed E-state index contributed by atoms with van der Waals surface area (Å²) in [6.45, 7) is 8.36. The molecule has 1 heterocycles. The molecule has 2 aromatic rings. The maximum atomic E-state index is 12.7. The van der Waals surface area contributed by atoms with Gasteiger partial charge in [0.25, 0.3) is 0 Å². The molecule has 1 aliphatic heterocycles. The number of unbranched alkanes of at least 4 members (excludes halogenated alkanes) is 3. The number of carbonyl (C=O) groups is 1. The van der Waals surface area contributed by atoms with Gasteiger partial charge >= 0.3 is 200 Å². The summed E-state index contributed by atoms with van der Waals surface area (Å²) in [6, 6.07) is 16.4. The third-order valence-corrected chi connectivity index (χ3v) is 15.5. The number of fused-ring (bicyclic) bond motifs is 1. The van der Waals surface area contributed by atoms with E-state index in [4.69, 9.17) is 20.7 Å². The fourth-order valence-corrected chi connectivity index (χ4v) is 12.4. The number of benzene rings is 2. The van der Waals surface area contributed by atoms with Crippen molar-refractivity contribution >= 4 is 28.9 Å². The van der Waals surface area contributed by atoms with Crippen molar-refractivity contribution < 1.29 is 14.3 Å². The second-order valence-corrected chi connectivity index (χ2v) is 19.1. The van der Waals surface area contributed by atoms with Crippen LogP contribution in [-0.2, 0) is 22.7 Å². The van der Waals surface area contributed by atoms with Crippen molar-refractivity contribution in [3.8, 4) is 5.75 Å². The predicted octanol–water partition coefficient (Wildman–Crippen LogP) is 8.97. The van der Waals surface area contributed by atoms with Crippen LogP contribution in [0.1, 0.15) is 83.3 Å². The number of halogens is 1. The van der Waals surface area contributed by atoms with Crippen molar-refractivity contribution in [1.82, 2.24) is 0 Å². The maximum absolute atomic E-state index is 12.7. The number of ether oxygens (including phenoxy) is 2. The van der Waals surface area contributed by atoms with Crippen LogP contribution in [0, 0.1) is 0 Å². The summed E-state index contributed by atoms with van der Waals surface area (Å²) < 4.78 is 11.7. The monoisotopic (exact) mass is 547 g/mol. The molecule has 0 spiro atoms.